The highest BCUT2D eigenvalue weighted by Crippen LogP contribution is 2.04. The first-order valence-corrected chi connectivity index (χ1v) is 4.00. The van der Waals surface area contributed by atoms with Crippen molar-refractivity contribution < 1.29 is 9.59 Å². The van der Waals surface area contributed by atoms with Crippen molar-refractivity contribution >= 4 is 11.9 Å². The average molecular weight is 170 g/mol. The molecule has 1 unspecified atom stereocenters. The Kier molecular flexibility index (Phi) is 2.90. The zero-order valence-electron chi connectivity index (χ0n) is 6.72. The van der Waals surface area contributed by atoms with Crippen molar-refractivity contribution in [1.82, 2.24) is 16.4 Å². The lowest BCUT2D eigenvalue weighted by atomic mass is 10.1. The Balaban J connectivity index is 2.47. The van der Waals surface area contributed by atoms with Crippen molar-refractivity contribution in [3.63, 3.8) is 0 Å². The van der Waals surface area contributed by atoms with Crippen molar-refractivity contribution in [2.75, 3.05) is 6.54 Å². The van der Waals surface area contributed by atoms with Crippen LogP contribution in [0.5, 0.6) is 0 Å². The molecule has 1 saturated heterocycles. The molecule has 0 spiro atoms. The van der Waals surface area contributed by atoms with E-state index in [9.17, 15) is 9.59 Å². The van der Waals surface area contributed by atoms with Gasteiger partial charge in [-0.1, -0.05) is 0 Å². The van der Waals surface area contributed by atoms with E-state index in [-0.39, 0.29) is 5.91 Å². The number of rotatable bonds is 1. The van der Waals surface area contributed by atoms with Gasteiger partial charge in [0.05, 0.1) is 0 Å². The maximum Gasteiger partial charge on any atom is 0.334 e. The van der Waals surface area contributed by atoms with Crippen LogP contribution in [0.2, 0.25) is 0 Å². The van der Waals surface area contributed by atoms with Crippen molar-refractivity contribution in [2.24, 2.45) is 0 Å². The highest BCUT2D eigenvalue weighted by molar-refractivity contribution is 5.86. The molecule has 0 bridgehead atoms. The highest BCUT2D eigenvalue weighted by Gasteiger charge is 2.21. The van der Waals surface area contributed by atoms with Crippen molar-refractivity contribution in [2.45, 2.75) is 25.3 Å². The van der Waals surface area contributed by atoms with E-state index in [2.05, 4.69) is 10.6 Å². The first-order chi connectivity index (χ1) is 5.70. The predicted molar refractivity (Wildman–Crippen MR) is 42.3 cm³/mol. The van der Waals surface area contributed by atoms with Crippen LogP contribution in [0.15, 0.2) is 0 Å². The number of amides is 3. The minimum Gasteiger partial charge on any atom is -0.354 e. The van der Waals surface area contributed by atoms with E-state index in [0.717, 1.165) is 12.8 Å². The molecule has 1 aliphatic rings. The van der Waals surface area contributed by atoms with Crippen LogP contribution in [0.25, 0.3) is 0 Å². The Morgan fingerprint density at radius 3 is 3.00 bits per heavy atom. The molecule has 1 radical (unpaired) electrons. The molecule has 0 aromatic carbocycles. The minimum atomic E-state index is -0.892. The third-order valence-electron chi connectivity index (χ3n) is 1.84. The Bertz CT molecular complexity index is 193. The summed E-state index contributed by atoms with van der Waals surface area (Å²) >= 11 is 0. The van der Waals surface area contributed by atoms with Crippen molar-refractivity contribution in [3.8, 4) is 0 Å². The van der Waals surface area contributed by atoms with Gasteiger partial charge >= 0.3 is 6.03 Å². The van der Waals surface area contributed by atoms with E-state index in [1.165, 1.54) is 0 Å². The molecule has 12 heavy (non-hydrogen) atoms. The molecule has 0 saturated carbocycles. The molecule has 3 amide bonds. The lowest BCUT2D eigenvalue weighted by molar-refractivity contribution is -0.122. The molecule has 1 aliphatic heterocycles. The lowest BCUT2D eigenvalue weighted by Crippen LogP contribution is -2.45. The summed E-state index contributed by atoms with van der Waals surface area (Å²) in [5.41, 5.74) is 6.65. The second-order valence-electron chi connectivity index (χ2n) is 2.81. The van der Waals surface area contributed by atoms with Gasteiger partial charge in [0, 0.05) is 6.54 Å². The van der Waals surface area contributed by atoms with E-state index in [0.29, 0.717) is 13.0 Å². The van der Waals surface area contributed by atoms with Gasteiger partial charge in [0.1, 0.15) is 6.04 Å². The topological polar surface area (TPSA) is 82.0 Å². The maximum atomic E-state index is 11.1. The molecule has 67 valence electrons. The van der Waals surface area contributed by atoms with Crippen molar-refractivity contribution in [1.29, 1.82) is 0 Å². The van der Waals surface area contributed by atoms with Crippen molar-refractivity contribution in [3.05, 3.63) is 0 Å². The molecule has 1 atom stereocenters. The second-order valence-corrected chi connectivity index (χ2v) is 2.81. The summed E-state index contributed by atoms with van der Waals surface area (Å²) in [7, 11) is 0. The summed E-state index contributed by atoms with van der Waals surface area (Å²) < 4.78 is 0. The predicted octanol–water partition coefficient (Wildman–Crippen LogP) is -0.352. The Morgan fingerprint density at radius 1 is 1.58 bits per heavy atom. The largest absolute Gasteiger partial charge is 0.354 e. The smallest absolute Gasteiger partial charge is 0.334 e. The quantitative estimate of drug-likeness (QED) is 0.563. The Labute approximate surface area is 70.7 Å². The molecular weight excluding hydrogens is 158 g/mol. The Hall–Kier alpha value is -1.26. The molecule has 1 rings (SSSR count). The normalized spacial score (nSPS) is 24.0. The van der Waals surface area contributed by atoms with E-state index in [1.54, 1.807) is 0 Å². The SMILES string of the molecule is [NH]C(=O)NC1CCCCNC1=O. The summed E-state index contributed by atoms with van der Waals surface area (Å²) in [4.78, 5) is 21.5. The van der Waals surface area contributed by atoms with Gasteiger partial charge in [-0.3, -0.25) is 4.79 Å². The monoisotopic (exact) mass is 170 g/mol. The minimum absolute atomic E-state index is 0.173. The number of hydrogen-bond acceptors (Lipinski definition) is 2. The van der Waals surface area contributed by atoms with Crippen LogP contribution in [-0.2, 0) is 4.79 Å². The molecular formula is C7H12N3O2. The average Bonchev–Trinajstić information content (AvgIpc) is 2.16. The van der Waals surface area contributed by atoms with Gasteiger partial charge in [-0.2, -0.15) is 0 Å². The molecule has 5 heteroatoms. The van der Waals surface area contributed by atoms with Crippen LogP contribution in [0, 0.1) is 0 Å². The molecule has 0 aromatic heterocycles. The standard InChI is InChI=1S/C7H12N3O2/c8-7(12)10-5-3-1-2-4-9-6(5)11/h5,8H,1-4H2,(H,9,11)(H,10,12). The molecule has 1 heterocycles. The van der Waals surface area contributed by atoms with Crippen LogP contribution in [-0.4, -0.2) is 24.5 Å². The third kappa shape index (κ3) is 2.41. The fraction of sp³-hybridized carbons (Fsp3) is 0.714. The van der Waals surface area contributed by atoms with Crippen LogP contribution in [0.3, 0.4) is 0 Å². The van der Waals surface area contributed by atoms with E-state index < -0.39 is 12.1 Å². The first kappa shape index (κ1) is 8.83. The number of nitrogens with one attached hydrogen (secondary N) is 3. The van der Waals surface area contributed by atoms with Crippen LogP contribution in [0.4, 0.5) is 4.79 Å². The van der Waals surface area contributed by atoms with Gasteiger partial charge in [-0.15, -0.1) is 0 Å². The number of hydrogen-bond donors (Lipinski definition) is 2. The van der Waals surface area contributed by atoms with Gasteiger partial charge in [0.15, 0.2) is 0 Å². The summed E-state index contributed by atoms with van der Waals surface area (Å²) in [5.74, 6) is -0.173. The first-order valence-electron chi connectivity index (χ1n) is 4.00. The zero-order chi connectivity index (χ0) is 8.97. The van der Waals surface area contributed by atoms with Gasteiger partial charge in [-0.05, 0) is 19.3 Å². The Morgan fingerprint density at radius 2 is 2.33 bits per heavy atom. The van der Waals surface area contributed by atoms with Gasteiger partial charge in [0.25, 0.3) is 0 Å². The number of carbonyl (C=O) groups excluding carboxylic acids is 2. The van der Waals surface area contributed by atoms with Crippen LogP contribution >= 0.6 is 0 Å². The maximum absolute atomic E-state index is 11.1. The van der Waals surface area contributed by atoms with E-state index in [4.69, 9.17) is 5.73 Å². The second kappa shape index (κ2) is 3.94. The van der Waals surface area contributed by atoms with Gasteiger partial charge < -0.3 is 10.6 Å². The molecule has 5 nitrogen and oxygen atoms in total. The van der Waals surface area contributed by atoms with Gasteiger partial charge in [0.2, 0.25) is 5.91 Å². The molecule has 1 fully saturated rings. The molecule has 3 N–H and O–H groups in total. The summed E-state index contributed by atoms with van der Waals surface area (Å²) in [6, 6.07) is -1.39. The van der Waals surface area contributed by atoms with Crippen LogP contribution < -0.4 is 16.4 Å². The van der Waals surface area contributed by atoms with E-state index in [1.807, 2.05) is 0 Å². The van der Waals surface area contributed by atoms with E-state index >= 15 is 0 Å². The zero-order valence-corrected chi connectivity index (χ0v) is 6.72. The number of carbonyl (C=O) groups is 2. The summed E-state index contributed by atoms with van der Waals surface area (Å²) in [6.07, 6.45) is 2.48. The number of urea groups is 1. The fourth-order valence-corrected chi connectivity index (χ4v) is 1.24. The van der Waals surface area contributed by atoms with Crippen LogP contribution in [0.1, 0.15) is 19.3 Å². The summed E-state index contributed by atoms with van der Waals surface area (Å²) in [6.45, 7) is 0.670. The fourth-order valence-electron chi connectivity index (χ4n) is 1.24. The lowest BCUT2D eigenvalue weighted by Gasteiger charge is -2.12. The molecule has 0 aliphatic carbocycles. The summed E-state index contributed by atoms with van der Waals surface area (Å²) in [5, 5.41) is 4.95. The highest BCUT2D eigenvalue weighted by atomic mass is 16.2. The third-order valence-corrected chi connectivity index (χ3v) is 1.84. The molecule has 0 aromatic rings. The van der Waals surface area contributed by atoms with Gasteiger partial charge in [-0.25, -0.2) is 10.5 Å².